The van der Waals surface area contributed by atoms with Gasteiger partial charge in [-0.3, -0.25) is 4.79 Å². The van der Waals surface area contributed by atoms with Crippen LogP contribution in [-0.4, -0.2) is 25.7 Å². The highest BCUT2D eigenvalue weighted by Gasteiger charge is 2.20. The van der Waals surface area contributed by atoms with Gasteiger partial charge in [0.1, 0.15) is 23.7 Å². The second-order valence-corrected chi connectivity index (χ2v) is 9.87. The average molecular weight is 548 g/mol. The van der Waals surface area contributed by atoms with Crippen LogP contribution in [0.5, 0.6) is 5.75 Å². The van der Waals surface area contributed by atoms with Crippen LogP contribution in [0.2, 0.25) is 10.0 Å². The van der Waals surface area contributed by atoms with Crippen molar-refractivity contribution in [1.29, 1.82) is 0 Å². The minimum atomic E-state index is -0.0579. The van der Waals surface area contributed by atoms with E-state index in [1.807, 2.05) is 74.2 Å². The second kappa shape index (κ2) is 10.9. The number of pyridine rings is 1. The van der Waals surface area contributed by atoms with Crippen LogP contribution >= 0.6 is 23.2 Å². The Kier molecular flexibility index (Phi) is 7.40. The number of fused-ring (bicyclic) bond motifs is 1. The summed E-state index contributed by atoms with van der Waals surface area (Å²) in [5.41, 5.74) is 5.67. The maximum Gasteiger partial charge on any atom is 0.225 e. The molecular weight excluding hydrogens is 521 g/mol. The largest absolute Gasteiger partial charge is 0.487 e. The molecular formula is C29H27Cl2N5O2. The molecule has 0 atom stereocenters. The number of nitrogens with zero attached hydrogens (tertiary/aromatic N) is 3. The molecule has 0 bridgehead atoms. The van der Waals surface area contributed by atoms with Crippen molar-refractivity contribution in [3.8, 4) is 22.6 Å². The van der Waals surface area contributed by atoms with Crippen LogP contribution in [-0.2, 0) is 11.4 Å². The van der Waals surface area contributed by atoms with Crippen molar-refractivity contribution < 1.29 is 9.53 Å². The molecule has 38 heavy (non-hydrogen) atoms. The fraction of sp³-hybridized carbons (Fsp3) is 0.207. The molecule has 3 heterocycles. The average Bonchev–Trinajstić information content (AvgIpc) is 3.54. The number of hydrogen-bond donors (Lipinski definition) is 2. The monoisotopic (exact) mass is 547 g/mol. The summed E-state index contributed by atoms with van der Waals surface area (Å²) in [5, 5.41) is 9.22. The Bertz CT molecular complexity index is 1630. The molecule has 2 aromatic carbocycles. The number of H-pyrrole nitrogens is 1. The van der Waals surface area contributed by atoms with E-state index in [1.165, 1.54) is 0 Å². The zero-order chi connectivity index (χ0) is 26.8. The molecule has 3 aromatic heterocycles. The second-order valence-electron chi connectivity index (χ2n) is 9.08. The molecule has 5 rings (SSSR count). The van der Waals surface area contributed by atoms with Crippen molar-refractivity contribution in [3.05, 3.63) is 87.9 Å². The lowest BCUT2D eigenvalue weighted by Crippen LogP contribution is -2.11. The summed E-state index contributed by atoms with van der Waals surface area (Å²) in [7, 11) is 0. The third kappa shape index (κ3) is 4.99. The van der Waals surface area contributed by atoms with Gasteiger partial charge in [0.25, 0.3) is 0 Å². The normalized spacial score (nSPS) is 11.2. The molecule has 0 aliphatic heterocycles. The summed E-state index contributed by atoms with van der Waals surface area (Å²) in [6.45, 7) is 6.01. The molecule has 5 aromatic rings. The highest BCUT2D eigenvalue weighted by atomic mass is 35.5. The number of carbonyl (C=O) groups is 1. The van der Waals surface area contributed by atoms with Gasteiger partial charge in [-0.1, -0.05) is 48.3 Å². The first-order valence-electron chi connectivity index (χ1n) is 12.4. The van der Waals surface area contributed by atoms with Crippen LogP contribution in [0.15, 0.2) is 61.1 Å². The fourth-order valence-corrected chi connectivity index (χ4v) is 5.09. The van der Waals surface area contributed by atoms with Crippen molar-refractivity contribution in [2.75, 3.05) is 5.32 Å². The van der Waals surface area contributed by atoms with Gasteiger partial charge >= 0.3 is 0 Å². The van der Waals surface area contributed by atoms with Gasteiger partial charge in [0.05, 0.1) is 10.7 Å². The van der Waals surface area contributed by atoms with Gasteiger partial charge in [0.2, 0.25) is 5.91 Å². The summed E-state index contributed by atoms with van der Waals surface area (Å²) in [4.78, 5) is 20.2. The first-order valence-corrected chi connectivity index (χ1v) is 13.1. The molecule has 0 aliphatic carbocycles. The van der Waals surface area contributed by atoms with Crippen LogP contribution < -0.4 is 10.1 Å². The Morgan fingerprint density at radius 2 is 2.00 bits per heavy atom. The molecule has 0 radical (unpaired) electrons. The summed E-state index contributed by atoms with van der Waals surface area (Å²) >= 11 is 13.5. The van der Waals surface area contributed by atoms with E-state index in [9.17, 15) is 4.79 Å². The lowest BCUT2D eigenvalue weighted by molar-refractivity contribution is -0.116. The minimum Gasteiger partial charge on any atom is -0.487 e. The Hall–Kier alpha value is -3.81. The molecule has 0 aliphatic rings. The summed E-state index contributed by atoms with van der Waals surface area (Å²) in [5.74, 6) is 1.16. The first-order chi connectivity index (χ1) is 18.4. The topological polar surface area (TPSA) is 84.8 Å². The number of benzene rings is 2. The van der Waals surface area contributed by atoms with E-state index in [1.54, 1.807) is 12.3 Å². The van der Waals surface area contributed by atoms with Crippen molar-refractivity contribution >= 4 is 45.8 Å². The smallest absolute Gasteiger partial charge is 0.225 e. The van der Waals surface area contributed by atoms with E-state index in [0.29, 0.717) is 33.6 Å². The molecule has 2 N–H and O–H groups in total. The zero-order valence-electron chi connectivity index (χ0n) is 21.3. The molecule has 0 spiro atoms. The van der Waals surface area contributed by atoms with Gasteiger partial charge in [0.15, 0.2) is 0 Å². The molecule has 9 heteroatoms. The Balaban J connectivity index is 1.50. The number of aryl methyl sites for hydroxylation is 2. The Morgan fingerprint density at radius 3 is 2.76 bits per heavy atom. The number of halogens is 2. The number of amides is 1. The lowest BCUT2D eigenvalue weighted by atomic mass is 10.0. The van der Waals surface area contributed by atoms with E-state index in [4.69, 9.17) is 32.9 Å². The van der Waals surface area contributed by atoms with Crippen molar-refractivity contribution in [2.24, 2.45) is 0 Å². The molecule has 0 saturated carbocycles. The summed E-state index contributed by atoms with van der Waals surface area (Å²) < 4.78 is 8.10. The molecule has 0 unspecified atom stereocenters. The predicted molar refractivity (Wildman–Crippen MR) is 152 cm³/mol. The van der Waals surface area contributed by atoms with Crippen LogP contribution in [0.1, 0.15) is 36.6 Å². The summed E-state index contributed by atoms with van der Waals surface area (Å²) in [6.07, 6.45) is 6.68. The molecule has 7 nitrogen and oxygen atoms in total. The maximum absolute atomic E-state index is 12.3. The Labute approximate surface area is 230 Å². The van der Waals surface area contributed by atoms with Crippen LogP contribution in [0.25, 0.3) is 27.7 Å². The van der Waals surface area contributed by atoms with E-state index < -0.39 is 0 Å². The first kappa shape index (κ1) is 25.8. The number of aromatic amines is 1. The number of ether oxygens (including phenoxy) is 1. The van der Waals surface area contributed by atoms with Crippen LogP contribution in [0.4, 0.5) is 5.82 Å². The van der Waals surface area contributed by atoms with E-state index >= 15 is 0 Å². The van der Waals surface area contributed by atoms with Crippen molar-refractivity contribution in [3.63, 3.8) is 0 Å². The van der Waals surface area contributed by atoms with Gasteiger partial charge in [-0.2, -0.15) is 5.10 Å². The lowest BCUT2D eigenvalue weighted by Gasteiger charge is -2.16. The fourth-order valence-electron chi connectivity index (χ4n) is 4.52. The van der Waals surface area contributed by atoms with Crippen LogP contribution in [0, 0.1) is 13.8 Å². The zero-order valence-corrected chi connectivity index (χ0v) is 22.8. The van der Waals surface area contributed by atoms with Crippen molar-refractivity contribution in [2.45, 2.75) is 40.2 Å². The number of rotatable bonds is 8. The van der Waals surface area contributed by atoms with Gasteiger partial charge in [-0.05, 0) is 50.1 Å². The molecule has 0 fully saturated rings. The standard InChI is InChI=1S/C29H27Cl2N5O2/c1-4-7-25(37)35-29-26(17(2)15-32-29)20-10-11-22(30)21(27(20)31)16-38-24-9-5-8-19-23(36-13-6-12-33-36)14-18(3)34-28(19)24/h5-6,8-15,32H,4,7,16H2,1-3H3,(H,35,37). The highest BCUT2D eigenvalue weighted by Crippen LogP contribution is 2.40. The number of aromatic nitrogens is 4. The number of para-hydroxylation sites is 1. The van der Waals surface area contributed by atoms with Gasteiger partial charge in [-0.15, -0.1) is 0 Å². The van der Waals surface area contributed by atoms with E-state index in [-0.39, 0.29) is 12.5 Å². The van der Waals surface area contributed by atoms with E-state index in [2.05, 4.69) is 15.4 Å². The van der Waals surface area contributed by atoms with E-state index in [0.717, 1.165) is 45.4 Å². The third-order valence-electron chi connectivity index (χ3n) is 6.31. The quantitative estimate of drug-likeness (QED) is 0.209. The molecule has 0 saturated heterocycles. The van der Waals surface area contributed by atoms with Gasteiger partial charge in [0, 0.05) is 57.8 Å². The highest BCUT2D eigenvalue weighted by molar-refractivity contribution is 6.38. The third-order valence-corrected chi connectivity index (χ3v) is 7.09. The molecule has 194 valence electrons. The maximum atomic E-state index is 12.3. The minimum absolute atomic E-state index is 0.0579. The Morgan fingerprint density at radius 1 is 1.16 bits per heavy atom. The number of nitrogens with one attached hydrogen (secondary N) is 2. The number of anilines is 1. The van der Waals surface area contributed by atoms with Crippen molar-refractivity contribution in [1.82, 2.24) is 19.7 Å². The number of hydrogen-bond acceptors (Lipinski definition) is 4. The number of carbonyl (C=O) groups excluding carboxylic acids is 1. The SMILES string of the molecule is CCCC(=O)Nc1[nH]cc(C)c1-c1ccc(Cl)c(COc2cccc3c(-n4cccn4)cc(C)nc23)c1Cl. The predicted octanol–water partition coefficient (Wildman–Crippen LogP) is 7.66. The van der Waals surface area contributed by atoms with Gasteiger partial charge in [-0.25, -0.2) is 9.67 Å². The van der Waals surface area contributed by atoms with Gasteiger partial charge < -0.3 is 15.0 Å². The molecule has 1 amide bonds. The van der Waals surface area contributed by atoms with Crippen LogP contribution in [0.3, 0.4) is 0 Å². The summed E-state index contributed by atoms with van der Waals surface area (Å²) in [6, 6.07) is 13.3.